The first-order valence-electron chi connectivity index (χ1n) is 9.18. The maximum Gasteiger partial charge on any atom is 0.340 e. The number of thiophene rings is 1. The summed E-state index contributed by atoms with van der Waals surface area (Å²) in [5.74, 6) is 0.721. The van der Waals surface area contributed by atoms with E-state index < -0.39 is 5.97 Å². The van der Waals surface area contributed by atoms with Gasteiger partial charge in [0.1, 0.15) is 5.00 Å². The number of furan rings is 1. The van der Waals surface area contributed by atoms with Gasteiger partial charge in [0.25, 0.3) is 0 Å². The molecule has 8 nitrogen and oxygen atoms in total. The largest absolute Gasteiger partial charge is 0.465 e. The maximum absolute atomic E-state index is 12.5. The smallest absolute Gasteiger partial charge is 0.340 e. The van der Waals surface area contributed by atoms with E-state index in [0.717, 1.165) is 17.7 Å². The first kappa shape index (κ1) is 21.1. The molecule has 0 fully saturated rings. The maximum atomic E-state index is 12.5. The normalized spacial score (nSPS) is 10.9. The Balaban J connectivity index is 1.70. The van der Waals surface area contributed by atoms with E-state index in [4.69, 9.17) is 9.15 Å². The Labute approximate surface area is 176 Å². The summed E-state index contributed by atoms with van der Waals surface area (Å²) in [7, 11) is 1.32. The summed E-state index contributed by atoms with van der Waals surface area (Å²) in [5, 5.41) is 12.4. The number of anilines is 1. The molecule has 3 aromatic heterocycles. The fourth-order valence-corrected chi connectivity index (χ4v) is 4.44. The second-order valence-corrected chi connectivity index (χ2v) is 8.15. The van der Waals surface area contributed by atoms with E-state index in [1.54, 1.807) is 18.4 Å². The number of rotatable bonds is 9. The summed E-state index contributed by atoms with van der Waals surface area (Å²) >= 11 is 2.67. The number of aromatic nitrogens is 3. The molecule has 0 spiro atoms. The zero-order valence-electron chi connectivity index (χ0n) is 16.4. The molecule has 1 N–H and O–H groups in total. The lowest BCUT2D eigenvalue weighted by atomic mass is 10.2. The van der Waals surface area contributed by atoms with Crippen molar-refractivity contribution in [2.24, 2.45) is 0 Å². The van der Waals surface area contributed by atoms with E-state index in [0.29, 0.717) is 33.9 Å². The monoisotopic (exact) mass is 434 g/mol. The molecule has 0 saturated carbocycles. The molecule has 0 aliphatic rings. The number of thioether (sulfide) groups is 1. The Morgan fingerprint density at radius 1 is 1.34 bits per heavy atom. The van der Waals surface area contributed by atoms with Crippen molar-refractivity contribution in [2.45, 2.75) is 38.4 Å². The number of amides is 1. The van der Waals surface area contributed by atoms with Crippen LogP contribution in [0, 0.1) is 0 Å². The lowest BCUT2D eigenvalue weighted by Gasteiger charge is -2.08. The van der Waals surface area contributed by atoms with Crippen LogP contribution >= 0.6 is 23.1 Å². The number of hydrogen-bond acceptors (Lipinski definition) is 8. The van der Waals surface area contributed by atoms with Crippen molar-refractivity contribution in [2.75, 3.05) is 18.2 Å². The summed E-state index contributed by atoms with van der Waals surface area (Å²) in [5.41, 5.74) is 0.377. The van der Waals surface area contributed by atoms with Gasteiger partial charge < -0.3 is 14.5 Å². The van der Waals surface area contributed by atoms with Crippen LogP contribution in [0.5, 0.6) is 0 Å². The number of esters is 1. The van der Waals surface area contributed by atoms with E-state index >= 15 is 0 Å². The van der Waals surface area contributed by atoms with Gasteiger partial charge in [0.2, 0.25) is 5.91 Å². The van der Waals surface area contributed by atoms with Crippen LogP contribution in [0.1, 0.15) is 35.5 Å². The van der Waals surface area contributed by atoms with Gasteiger partial charge in [-0.2, -0.15) is 0 Å². The fraction of sp³-hybridized carbons (Fsp3) is 0.368. The predicted molar refractivity (Wildman–Crippen MR) is 112 cm³/mol. The summed E-state index contributed by atoms with van der Waals surface area (Å²) in [6.45, 7) is 4.76. The molecule has 0 atom stereocenters. The van der Waals surface area contributed by atoms with Crippen LogP contribution in [-0.2, 0) is 22.5 Å². The second kappa shape index (κ2) is 9.75. The Bertz CT molecular complexity index is 979. The van der Waals surface area contributed by atoms with Crippen molar-refractivity contribution in [1.29, 1.82) is 0 Å². The van der Waals surface area contributed by atoms with Gasteiger partial charge in [-0.3, -0.25) is 9.36 Å². The molecule has 10 heteroatoms. The van der Waals surface area contributed by atoms with Gasteiger partial charge in [-0.05, 0) is 31.0 Å². The quantitative estimate of drug-likeness (QED) is 0.400. The number of methoxy groups -OCH3 is 1. The van der Waals surface area contributed by atoms with Gasteiger partial charge in [0.15, 0.2) is 16.7 Å². The molecule has 0 aliphatic carbocycles. The first-order valence-corrected chi connectivity index (χ1v) is 11.0. The zero-order chi connectivity index (χ0) is 20.8. The highest BCUT2D eigenvalue weighted by molar-refractivity contribution is 7.99. The van der Waals surface area contributed by atoms with E-state index in [-0.39, 0.29) is 11.7 Å². The van der Waals surface area contributed by atoms with Crippen LogP contribution in [0.15, 0.2) is 34.0 Å². The van der Waals surface area contributed by atoms with Gasteiger partial charge in [0, 0.05) is 11.4 Å². The van der Waals surface area contributed by atoms with Crippen molar-refractivity contribution in [3.05, 3.63) is 34.9 Å². The molecule has 0 aromatic carbocycles. The molecule has 154 valence electrons. The summed E-state index contributed by atoms with van der Waals surface area (Å²) < 4.78 is 12.2. The first-order chi connectivity index (χ1) is 14.1. The van der Waals surface area contributed by atoms with Crippen LogP contribution in [0.25, 0.3) is 11.6 Å². The summed E-state index contributed by atoms with van der Waals surface area (Å²) in [4.78, 5) is 25.5. The van der Waals surface area contributed by atoms with Crippen molar-refractivity contribution in [1.82, 2.24) is 14.8 Å². The van der Waals surface area contributed by atoms with Crippen molar-refractivity contribution >= 4 is 40.0 Å². The third-order valence-electron chi connectivity index (χ3n) is 4.03. The number of aryl methyl sites for hydroxylation is 1. The molecular formula is C19H22N4O4S2. The van der Waals surface area contributed by atoms with Crippen molar-refractivity contribution in [3.8, 4) is 11.6 Å². The standard InChI is InChI=1S/C19H22N4O4S2/c1-4-8-23-16(14-7-6-9-27-14)21-22-19(23)28-11-15(24)20-17-13(18(25)26-3)10-12(5-2)29-17/h6-7,9-10H,4-5,8,11H2,1-3H3,(H,20,24). The Hall–Kier alpha value is -2.59. The Morgan fingerprint density at radius 3 is 2.83 bits per heavy atom. The molecule has 0 unspecified atom stereocenters. The lowest BCUT2D eigenvalue weighted by Crippen LogP contribution is -2.16. The minimum absolute atomic E-state index is 0.139. The number of hydrogen-bond donors (Lipinski definition) is 1. The average molecular weight is 435 g/mol. The van der Waals surface area contributed by atoms with E-state index in [1.165, 1.54) is 30.2 Å². The van der Waals surface area contributed by atoms with Crippen molar-refractivity contribution < 1.29 is 18.7 Å². The second-order valence-electron chi connectivity index (χ2n) is 6.07. The van der Waals surface area contributed by atoms with Crippen LogP contribution in [0.3, 0.4) is 0 Å². The third kappa shape index (κ3) is 4.88. The molecule has 0 saturated heterocycles. The van der Waals surface area contributed by atoms with E-state index in [9.17, 15) is 9.59 Å². The fourth-order valence-electron chi connectivity index (χ4n) is 2.67. The zero-order valence-corrected chi connectivity index (χ0v) is 18.1. The highest BCUT2D eigenvalue weighted by Gasteiger charge is 2.20. The highest BCUT2D eigenvalue weighted by Crippen LogP contribution is 2.30. The number of nitrogens with zero attached hydrogens (tertiary/aromatic N) is 3. The molecule has 3 rings (SSSR count). The molecule has 0 radical (unpaired) electrons. The minimum Gasteiger partial charge on any atom is -0.465 e. The SMILES string of the molecule is CCCn1c(SCC(=O)Nc2sc(CC)cc2C(=O)OC)nnc1-c1ccco1. The third-order valence-corrected chi connectivity index (χ3v) is 6.19. The number of carbonyl (C=O) groups is 2. The Morgan fingerprint density at radius 2 is 2.17 bits per heavy atom. The van der Waals surface area contributed by atoms with Crippen LogP contribution < -0.4 is 5.32 Å². The number of nitrogens with one attached hydrogen (secondary N) is 1. The molecule has 1 amide bonds. The van der Waals surface area contributed by atoms with Crippen LogP contribution in [-0.4, -0.2) is 39.5 Å². The van der Waals surface area contributed by atoms with Gasteiger partial charge in [-0.15, -0.1) is 21.5 Å². The predicted octanol–water partition coefficient (Wildman–Crippen LogP) is 4.09. The average Bonchev–Trinajstić information content (AvgIpc) is 3.46. The van der Waals surface area contributed by atoms with Crippen LogP contribution in [0.4, 0.5) is 5.00 Å². The molecule has 29 heavy (non-hydrogen) atoms. The molecule has 0 bridgehead atoms. The molecule has 0 aliphatic heterocycles. The van der Waals surface area contributed by atoms with Gasteiger partial charge in [0.05, 0.1) is 24.7 Å². The van der Waals surface area contributed by atoms with Gasteiger partial charge in [-0.25, -0.2) is 4.79 Å². The molecule has 3 aromatic rings. The Kier molecular flexibility index (Phi) is 7.10. The summed E-state index contributed by atoms with van der Waals surface area (Å²) in [6, 6.07) is 5.38. The van der Waals surface area contributed by atoms with Gasteiger partial charge in [-0.1, -0.05) is 25.6 Å². The van der Waals surface area contributed by atoms with Gasteiger partial charge >= 0.3 is 5.97 Å². The highest BCUT2D eigenvalue weighted by atomic mass is 32.2. The molecule has 3 heterocycles. The van der Waals surface area contributed by atoms with E-state index in [2.05, 4.69) is 22.4 Å². The number of carbonyl (C=O) groups excluding carboxylic acids is 2. The van der Waals surface area contributed by atoms with Crippen LogP contribution in [0.2, 0.25) is 0 Å². The molecular weight excluding hydrogens is 412 g/mol. The number of ether oxygens (including phenoxy) is 1. The topological polar surface area (TPSA) is 99.2 Å². The lowest BCUT2D eigenvalue weighted by molar-refractivity contribution is -0.113. The minimum atomic E-state index is -0.463. The van der Waals surface area contributed by atoms with Crippen molar-refractivity contribution in [3.63, 3.8) is 0 Å². The summed E-state index contributed by atoms with van der Waals surface area (Å²) in [6.07, 6.45) is 3.25. The van der Waals surface area contributed by atoms with E-state index in [1.807, 2.05) is 17.6 Å².